The molecule has 3 aromatic heterocycles. The molecule has 4 rings (SSSR count). The molecule has 0 aromatic carbocycles. The third kappa shape index (κ3) is 2.96. The number of halogens is 2. The molecule has 27 heavy (non-hydrogen) atoms. The summed E-state index contributed by atoms with van der Waals surface area (Å²) < 4.78 is 29.5. The molecule has 1 fully saturated rings. The number of carbonyl (C=O) groups excluding carboxylic acids is 1. The highest BCUT2D eigenvalue weighted by Crippen LogP contribution is 2.33. The largest absolute Gasteiger partial charge is 0.336 e. The van der Waals surface area contributed by atoms with E-state index in [0.717, 1.165) is 5.57 Å². The highest BCUT2D eigenvalue weighted by Gasteiger charge is 2.31. The van der Waals surface area contributed by atoms with Crippen LogP contribution < -0.4 is 0 Å². The lowest BCUT2D eigenvalue weighted by molar-refractivity contribution is 0.0719. The number of fused-ring (bicyclic) bond motifs is 1. The number of piperidine rings is 1. The van der Waals surface area contributed by atoms with Crippen molar-refractivity contribution in [1.29, 1.82) is 0 Å². The van der Waals surface area contributed by atoms with Crippen LogP contribution >= 0.6 is 0 Å². The number of rotatable bonds is 3. The van der Waals surface area contributed by atoms with Gasteiger partial charge in [-0.1, -0.05) is 12.2 Å². The van der Waals surface area contributed by atoms with Gasteiger partial charge >= 0.3 is 0 Å². The standard InChI is InChI=1S/C17H17F2N7O/c1-10-4-6-25(16(27)13-3-5-21-24(13)2)8-11(10)14-7-12(15(18)19)23-17-20-9-22-26(14)17/h3,5,7,9,11,15H,1,4,6,8H2,2H3/t11-/m1/s1. The van der Waals surface area contributed by atoms with Gasteiger partial charge in [-0.15, -0.1) is 0 Å². The van der Waals surface area contributed by atoms with E-state index >= 15 is 0 Å². The van der Waals surface area contributed by atoms with Gasteiger partial charge in [-0.2, -0.15) is 15.2 Å². The van der Waals surface area contributed by atoms with Gasteiger partial charge in [0.2, 0.25) is 0 Å². The van der Waals surface area contributed by atoms with Gasteiger partial charge in [0.15, 0.2) is 0 Å². The van der Waals surface area contributed by atoms with Crippen molar-refractivity contribution in [3.8, 4) is 0 Å². The normalized spacial score (nSPS) is 17.9. The van der Waals surface area contributed by atoms with Crippen LogP contribution in [0.3, 0.4) is 0 Å². The van der Waals surface area contributed by atoms with Crippen molar-refractivity contribution in [3.63, 3.8) is 0 Å². The molecule has 10 heteroatoms. The Labute approximate surface area is 153 Å². The van der Waals surface area contributed by atoms with E-state index < -0.39 is 6.43 Å². The van der Waals surface area contributed by atoms with Crippen LogP contribution in [-0.2, 0) is 7.05 Å². The van der Waals surface area contributed by atoms with E-state index in [1.54, 1.807) is 24.2 Å². The van der Waals surface area contributed by atoms with E-state index in [4.69, 9.17) is 0 Å². The van der Waals surface area contributed by atoms with Crippen molar-refractivity contribution in [1.82, 2.24) is 34.3 Å². The van der Waals surface area contributed by atoms with E-state index in [1.165, 1.54) is 21.6 Å². The molecule has 0 bridgehead atoms. The van der Waals surface area contributed by atoms with Crippen molar-refractivity contribution in [2.24, 2.45) is 7.05 Å². The monoisotopic (exact) mass is 373 g/mol. The molecule has 8 nitrogen and oxygen atoms in total. The lowest BCUT2D eigenvalue weighted by Crippen LogP contribution is -2.41. The minimum absolute atomic E-state index is 0.102. The Morgan fingerprint density at radius 2 is 2.19 bits per heavy atom. The zero-order chi connectivity index (χ0) is 19.1. The molecule has 0 aliphatic carbocycles. The summed E-state index contributed by atoms with van der Waals surface area (Å²) in [7, 11) is 1.70. The van der Waals surface area contributed by atoms with Crippen LogP contribution in [0.25, 0.3) is 5.78 Å². The summed E-state index contributed by atoms with van der Waals surface area (Å²) in [5.41, 5.74) is 1.45. The predicted molar refractivity (Wildman–Crippen MR) is 91.3 cm³/mol. The Kier molecular flexibility index (Phi) is 4.17. The van der Waals surface area contributed by atoms with Crippen LogP contribution in [0.2, 0.25) is 0 Å². The maximum absolute atomic E-state index is 13.3. The molecule has 0 spiro atoms. The van der Waals surface area contributed by atoms with Gasteiger partial charge in [0.1, 0.15) is 17.7 Å². The Morgan fingerprint density at radius 3 is 2.89 bits per heavy atom. The molecule has 1 amide bonds. The van der Waals surface area contributed by atoms with E-state index in [1.807, 2.05) is 0 Å². The number of nitrogens with zero attached hydrogens (tertiary/aromatic N) is 7. The van der Waals surface area contributed by atoms with Gasteiger partial charge in [0, 0.05) is 32.3 Å². The molecule has 1 aliphatic rings. The summed E-state index contributed by atoms with van der Waals surface area (Å²) in [6, 6.07) is 2.97. The zero-order valence-corrected chi connectivity index (χ0v) is 14.6. The second-order valence-corrected chi connectivity index (χ2v) is 6.43. The molecule has 1 aliphatic heterocycles. The topological polar surface area (TPSA) is 81.2 Å². The summed E-state index contributed by atoms with van der Waals surface area (Å²) in [4.78, 5) is 22.3. The molecular formula is C17H17F2N7O. The van der Waals surface area contributed by atoms with Gasteiger partial charge in [-0.25, -0.2) is 18.3 Å². The number of likely N-dealkylation sites (tertiary alicyclic amines) is 1. The third-order valence-corrected chi connectivity index (χ3v) is 4.81. The van der Waals surface area contributed by atoms with Crippen molar-refractivity contribution in [2.45, 2.75) is 18.8 Å². The molecule has 0 N–H and O–H groups in total. The van der Waals surface area contributed by atoms with Crippen LogP contribution in [0.1, 0.15) is 40.6 Å². The molecule has 0 radical (unpaired) electrons. The quantitative estimate of drug-likeness (QED) is 0.656. The van der Waals surface area contributed by atoms with Gasteiger partial charge in [0.05, 0.1) is 5.69 Å². The van der Waals surface area contributed by atoms with E-state index in [9.17, 15) is 13.6 Å². The highest BCUT2D eigenvalue weighted by molar-refractivity contribution is 5.92. The highest BCUT2D eigenvalue weighted by atomic mass is 19.3. The number of amides is 1. The number of carbonyl (C=O) groups is 1. The van der Waals surface area contributed by atoms with Gasteiger partial charge < -0.3 is 4.90 Å². The van der Waals surface area contributed by atoms with E-state index in [-0.39, 0.29) is 23.3 Å². The van der Waals surface area contributed by atoms with Crippen molar-refractivity contribution in [2.75, 3.05) is 13.1 Å². The second-order valence-electron chi connectivity index (χ2n) is 6.43. The lowest BCUT2D eigenvalue weighted by Gasteiger charge is -2.34. The smallest absolute Gasteiger partial charge is 0.280 e. The predicted octanol–water partition coefficient (Wildman–Crippen LogP) is 1.98. The fourth-order valence-corrected chi connectivity index (χ4v) is 3.34. The van der Waals surface area contributed by atoms with Crippen molar-refractivity contribution < 1.29 is 13.6 Å². The number of aryl methyl sites for hydroxylation is 1. The third-order valence-electron chi connectivity index (χ3n) is 4.81. The average Bonchev–Trinajstić information content (AvgIpc) is 3.29. The molecule has 1 atom stereocenters. The second kappa shape index (κ2) is 6.53. The molecule has 0 saturated carbocycles. The summed E-state index contributed by atoms with van der Waals surface area (Å²) in [5, 5.41) is 8.13. The fourth-order valence-electron chi connectivity index (χ4n) is 3.34. The minimum atomic E-state index is -2.73. The molecule has 0 unspecified atom stereocenters. The maximum Gasteiger partial charge on any atom is 0.280 e. The summed E-state index contributed by atoms with van der Waals surface area (Å²) in [5.74, 6) is -0.406. The number of hydrogen-bond acceptors (Lipinski definition) is 5. The Balaban J connectivity index is 1.71. The first-order valence-electron chi connectivity index (χ1n) is 8.39. The van der Waals surface area contributed by atoms with Crippen LogP contribution in [0.4, 0.5) is 8.78 Å². The number of aromatic nitrogens is 6. The Morgan fingerprint density at radius 1 is 1.37 bits per heavy atom. The Hall–Kier alpha value is -3.17. The molecule has 4 heterocycles. The number of hydrogen-bond donors (Lipinski definition) is 0. The lowest BCUT2D eigenvalue weighted by atomic mass is 9.89. The number of alkyl halides is 2. The molecule has 140 valence electrons. The van der Waals surface area contributed by atoms with Gasteiger partial charge in [-0.3, -0.25) is 9.48 Å². The first kappa shape index (κ1) is 17.3. The summed E-state index contributed by atoms with van der Waals surface area (Å²) in [6.07, 6.45) is 0.668. The van der Waals surface area contributed by atoms with Crippen molar-refractivity contribution >= 4 is 11.7 Å². The van der Waals surface area contributed by atoms with Crippen LogP contribution in [-0.4, -0.2) is 53.3 Å². The first-order chi connectivity index (χ1) is 13.0. The SMILES string of the molecule is C=C1CCN(C(=O)c2ccnn2C)C[C@H]1c1cc(C(F)F)nc2ncnn12. The van der Waals surface area contributed by atoms with Gasteiger partial charge in [-0.05, 0) is 18.6 Å². The van der Waals surface area contributed by atoms with Crippen LogP contribution in [0.15, 0.2) is 36.8 Å². The van der Waals surface area contributed by atoms with Crippen LogP contribution in [0.5, 0.6) is 0 Å². The minimum Gasteiger partial charge on any atom is -0.336 e. The molecule has 1 saturated heterocycles. The first-order valence-corrected chi connectivity index (χ1v) is 8.39. The molecule has 3 aromatic rings. The summed E-state index contributed by atoms with van der Waals surface area (Å²) >= 11 is 0. The van der Waals surface area contributed by atoms with Gasteiger partial charge in [0.25, 0.3) is 18.1 Å². The summed E-state index contributed by atoms with van der Waals surface area (Å²) in [6.45, 7) is 4.90. The average molecular weight is 373 g/mol. The molecular weight excluding hydrogens is 356 g/mol. The fraction of sp³-hybridized carbons (Fsp3) is 0.353. The van der Waals surface area contributed by atoms with E-state index in [2.05, 4.69) is 26.7 Å². The zero-order valence-electron chi connectivity index (χ0n) is 14.6. The van der Waals surface area contributed by atoms with E-state index in [0.29, 0.717) is 30.9 Å². The Bertz CT molecular complexity index is 1030. The van der Waals surface area contributed by atoms with Crippen molar-refractivity contribution in [3.05, 3.63) is 53.9 Å². The van der Waals surface area contributed by atoms with Crippen LogP contribution in [0, 0.1) is 0 Å². The maximum atomic E-state index is 13.3.